The van der Waals surface area contributed by atoms with Gasteiger partial charge in [0, 0.05) is 31.9 Å². The summed E-state index contributed by atoms with van der Waals surface area (Å²) >= 11 is 4.52. The van der Waals surface area contributed by atoms with E-state index in [1.54, 1.807) is 0 Å². The molecule has 1 heterocycles. The van der Waals surface area contributed by atoms with Gasteiger partial charge in [-0.2, -0.15) is 17.7 Å². The molecule has 0 N–H and O–H groups in total. The summed E-state index contributed by atoms with van der Waals surface area (Å²) in [5, 5.41) is 4.20. The van der Waals surface area contributed by atoms with Crippen LogP contribution in [0.25, 0.3) is 0 Å². The first kappa shape index (κ1) is 14.6. The molecule has 0 fully saturated rings. The van der Waals surface area contributed by atoms with Gasteiger partial charge < -0.3 is 4.90 Å². The molecule has 0 aliphatic carbocycles. The fourth-order valence-electron chi connectivity index (χ4n) is 2.24. The van der Waals surface area contributed by atoms with Gasteiger partial charge >= 0.3 is 0 Å². The van der Waals surface area contributed by atoms with Crippen molar-refractivity contribution in [3.8, 4) is 0 Å². The normalized spacial score (nSPS) is 12.4. The Morgan fingerprint density at radius 3 is 2.47 bits per heavy atom. The summed E-state index contributed by atoms with van der Waals surface area (Å²) in [4.78, 5) is 2.38. The Morgan fingerprint density at radius 2 is 2.06 bits per heavy atom. The molecule has 0 aromatic carbocycles. The Morgan fingerprint density at radius 1 is 1.41 bits per heavy atom. The molecule has 1 rings (SSSR count). The number of nitrogens with zero attached hydrogens (tertiary/aromatic N) is 3. The van der Waals surface area contributed by atoms with Crippen LogP contribution < -0.4 is 0 Å². The molecule has 17 heavy (non-hydrogen) atoms. The lowest BCUT2D eigenvalue weighted by Gasteiger charge is -2.34. The predicted octanol–water partition coefficient (Wildman–Crippen LogP) is 2.59. The number of aromatic nitrogens is 2. The lowest BCUT2D eigenvalue weighted by atomic mass is 9.84. The van der Waals surface area contributed by atoms with Gasteiger partial charge in [0.2, 0.25) is 0 Å². The molecule has 0 aliphatic heterocycles. The summed E-state index contributed by atoms with van der Waals surface area (Å²) in [6.45, 7) is 6.58. The molecule has 0 atom stereocenters. The molecule has 0 saturated carbocycles. The van der Waals surface area contributed by atoms with Crippen molar-refractivity contribution in [1.29, 1.82) is 0 Å². The van der Waals surface area contributed by atoms with Crippen LogP contribution in [0.5, 0.6) is 0 Å². The van der Waals surface area contributed by atoms with Crippen LogP contribution in [-0.4, -0.2) is 34.0 Å². The third-order valence-corrected chi connectivity index (χ3v) is 4.32. The Labute approximate surface area is 111 Å². The minimum Gasteiger partial charge on any atom is -0.301 e. The molecule has 0 spiro atoms. The van der Waals surface area contributed by atoms with Crippen LogP contribution in [-0.2, 0) is 13.6 Å². The third kappa shape index (κ3) is 4.03. The van der Waals surface area contributed by atoms with Crippen LogP contribution in [0.3, 0.4) is 0 Å². The second kappa shape index (κ2) is 6.45. The predicted molar refractivity (Wildman–Crippen MR) is 76.4 cm³/mol. The summed E-state index contributed by atoms with van der Waals surface area (Å²) in [5.74, 6) is 0.956. The molecule has 0 radical (unpaired) electrons. The first-order valence-electron chi connectivity index (χ1n) is 6.32. The number of thiol groups is 1. The van der Waals surface area contributed by atoms with Crippen molar-refractivity contribution in [2.75, 3.05) is 19.3 Å². The molecule has 0 saturated heterocycles. The van der Waals surface area contributed by atoms with Gasteiger partial charge in [-0.3, -0.25) is 4.68 Å². The molecular weight excluding hydrogens is 230 g/mol. The van der Waals surface area contributed by atoms with Crippen LogP contribution in [0.1, 0.15) is 32.3 Å². The van der Waals surface area contributed by atoms with Crippen LogP contribution in [0.2, 0.25) is 0 Å². The van der Waals surface area contributed by atoms with E-state index in [1.807, 2.05) is 17.9 Å². The zero-order valence-corrected chi connectivity index (χ0v) is 12.4. The van der Waals surface area contributed by atoms with Crippen LogP contribution in [0, 0.1) is 5.41 Å². The molecule has 3 nitrogen and oxygen atoms in total. The van der Waals surface area contributed by atoms with Crippen molar-refractivity contribution < 1.29 is 0 Å². The van der Waals surface area contributed by atoms with E-state index in [0.717, 1.165) is 18.8 Å². The van der Waals surface area contributed by atoms with Crippen molar-refractivity contribution in [1.82, 2.24) is 14.7 Å². The van der Waals surface area contributed by atoms with Gasteiger partial charge in [-0.05, 0) is 31.1 Å². The van der Waals surface area contributed by atoms with E-state index in [0.29, 0.717) is 5.41 Å². The molecule has 0 bridgehead atoms. The van der Waals surface area contributed by atoms with Gasteiger partial charge in [0.1, 0.15) is 0 Å². The lowest BCUT2D eigenvalue weighted by Crippen LogP contribution is -2.36. The van der Waals surface area contributed by atoms with Crippen molar-refractivity contribution >= 4 is 12.6 Å². The Bertz CT molecular complexity index is 323. The molecular formula is C13H25N3S. The van der Waals surface area contributed by atoms with Gasteiger partial charge in [0.25, 0.3) is 0 Å². The summed E-state index contributed by atoms with van der Waals surface area (Å²) in [6.07, 6.45) is 6.39. The molecule has 4 heteroatoms. The topological polar surface area (TPSA) is 21.1 Å². The Kier molecular flexibility index (Phi) is 5.53. The Hall–Kier alpha value is -0.480. The maximum absolute atomic E-state index is 4.52. The smallest absolute Gasteiger partial charge is 0.0534 e. The largest absolute Gasteiger partial charge is 0.301 e. The zero-order chi connectivity index (χ0) is 12.9. The van der Waals surface area contributed by atoms with Crippen molar-refractivity contribution in [3.63, 3.8) is 0 Å². The SMILES string of the molecule is CCC(CC)(CS)CN(C)Cc1cnn(C)c1. The molecule has 0 amide bonds. The minimum atomic E-state index is 0.347. The maximum Gasteiger partial charge on any atom is 0.0534 e. The second-order valence-electron chi connectivity index (χ2n) is 5.06. The second-order valence-corrected chi connectivity index (χ2v) is 5.38. The van der Waals surface area contributed by atoms with Crippen LogP contribution in [0.4, 0.5) is 0 Å². The summed E-state index contributed by atoms with van der Waals surface area (Å²) in [6, 6.07) is 0. The molecule has 1 aromatic rings. The molecule has 98 valence electrons. The van der Waals surface area contributed by atoms with E-state index in [-0.39, 0.29) is 0 Å². The lowest BCUT2D eigenvalue weighted by molar-refractivity contribution is 0.179. The molecule has 1 aromatic heterocycles. The number of hydrogen-bond acceptors (Lipinski definition) is 3. The Balaban J connectivity index is 2.56. The zero-order valence-electron chi connectivity index (χ0n) is 11.5. The minimum absolute atomic E-state index is 0.347. The van der Waals surface area contributed by atoms with Crippen molar-refractivity contribution in [3.05, 3.63) is 18.0 Å². The highest BCUT2D eigenvalue weighted by atomic mass is 32.1. The first-order valence-corrected chi connectivity index (χ1v) is 6.95. The van der Waals surface area contributed by atoms with E-state index in [4.69, 9.17) is 0 Å². The van der Waals surface area contributed by atoms with Crippen molar-refractivity contribution in [2.45, 2.75) is 33.2 Å². The number of aryl methyl sites for hydroxylation is 1. The van der Waals surface area contributed by atoms with Crippen molar-refractivity contribution in [2.24, 2.45) is 12.5 Å². The molecule has 0 aliphatic rings. The van der Waals surface area contributed by atoms with Gasteiger partial charge in [0.05, 0.1) is 6.20 Å². The van der Waals surface area contributed by atoms with Crippen LogP contribution in [0.15, 0.2) is 12.4 Å². The van der Waals surface area contributed by atoms with E-state index in [9.17, 15) is 0 Å². The highest BCUT2D eigenvalue weighted by Gasteiger charge is 2.26. The summed E-state index contributed by atoms with van der Waals surface area (Å²) in [7, 11) is 4.14. The standard InChI is InChI=1S/C13H25N3S/c1-5-13(6-2,11-17)10-15(3)8-12-7-14-16(4)9-12/h7,9,17H,5-6,8,10-11H2,1-4H3. The maximum atomic E-state index is 4.52. The monoisotopic (exact) mass is 255 g/mol. The highest BCUT2D eigenvalue weighted by Crippen LogP contribution is 2.29. The van der Waals surface area contributed by atoms with Gasteiger partial charge in [-0.15, -0.1) is 0 Å². The average Bonchev–Trinajstić information content (AvgIpc) is 2.72. The number of hydrogen-bond donors (Lipinski definition) is 1. The fraction of sp³-hybridized carbons (Fsp3) is 0.769. The fourth-order valence-corrected chi connectivity index (χ4v) is 2.79. The highest BCUT2D eigenvalue weighted by molar-refractivity contribution is 7.80. The van der Waals surface area contributed by atoms with E-state index >= 15 is 0 Å². The van der Waals surface area contributed by atoms with E-state index in [1.165, 1.54) is 18.4 Å². The van der Waals surface area contributed by atoms with Gasteiger partial charge in [-0.1, -0.05) is 13.8 Å². The van der Waals surface area contributed by atoms with Crippen LogP contribution >= 0.6 is 12.6 Å². The van der Waals surface area contributed by atoms with Gasteiger partial charge in [-0.25, -0.2) is 0 Å². The van der Waals surface area contributed by atoms with E-state index in [2.05, 4.69) is 49.7 Å². The average molecular weight is 255 g/mol. The summed E-state index contributed by atoms with van der Waals surface area (Å²) < 4.78 is 1.86. The summed E-state index contributed by atoms with van der Waals surface area (Å²) in [5.41, 5.74) is 1.62. The first-order chi connectivity index (χ1) is 8.05. The third-order valence-electron chi connectivity index (χ3n) is 3.65. The molecule has 0 unspecified atom stereocenters. The number of rotatable bonds is 7. The quantitative estimate of drug-likeness (QED) is 0.756. The van der Waals surface area contributed by atoms with E-state index < -0.39 is 0 Å². The van der Waals surface area contributed by atoms with Gasteiger partial charge in [0.15, 0.2) is 0 Å².